The van der Waals surface area contributed by atoms with Crippen LogP contribution in [0.5, 0.6) is 0 Å². The Kier molecular flexibility index (Phi) is 4.69. The van der Waals surface area contributed by atoms with Gasteiger partial charge in [0.1, 0.15) is 0 Å². The van der Waals surface area contributed by atoms with Crippen LogP contribution in [0, 0.1) is 5.41 Å². The number of nitrogens with zero attached hydrogens (tertiary/aromatic N) is 2. The molecule has 0 aliphatic carbocycles. The molecule has 0 radical (unpaired) electrons. The highest BCUT2D eigenvalue weighted by molar-refractivity contribution is 5.94. The third-order valence-electron chi connectivity index (χ3n) is 3.43. The summed E-state index contributed by atoms with van der Waals surface area (Å²) in [6.45, 7) is 7.13. The van der Waals surface area contributed by atoms with Crippen molar-refractivity contribution in [3.05, 3.63) is 12.3 Å². The molecule has 1 amide bonds. The van der Waals surface area contributed by atoms with Crippen molar-refractivity contribution in [1.29, 1.82) is 0 Å². The number of carbonyl (C=O) groups excluding carboxylic acids is 1. The van der Waals surface area contributed by atoms with Crippen LogP contribution >= 0.6 is 0 Å². The maximum Gasteiger partial charge on any atom is 0.233 e. The number of anilines is 1. The molecule has 5 nitrogen and oxygen atoms in total. The summed E-state index contributed by atoms with van der Waals surface area (Å²) in [6, 6.07) is 1.80. The van der Waals surface area contributed by atoms with Gasteiger partial charge in [0.25, 0.3) is 0 Å². The predicted molar refractivity (Wildman–Crippen MR) is 68.6 cm³/mol. The summed E-state index contributed by atoms with van der Waals surface area (Å²) in [7, 11) is 0. The van der Waals surface area contributed by atoms with Crippen molar-refractivity contribution in [2.24, 2.45) is 11.1 Å². The van der Waals surface area contributed by atoms with E-state index >= 15 is 0 Å². The lowest BCUT2D eigenvalue weighted by atomic mass is 9.81. The average Bonchev–Trinajstić information content (AvgIpc) is 2.80. The van der Waals surface area contributed by atoms with Crippen molar-refractivity contribution < 1.29 is 4.79 Å². The molecule has 1 aromatic heterocycles. The molecule has 0 atom stereocenters. The summed E-state index contributed by atoms with van der Waals surface area (Å²) in [4.78, 5) is 12.2. The third kappa shape index (κ3) is 2.85. The number of amides is 1. The van der Waals surface area contributed by atoms with Crippen LogP contribution in [0.4, 0.5) is 5.82 Å². The fourth-order valence-electron chi connectivity index (χ4n) is 1.81. The first kappa shape index (κ1) is 13.7. The van der Waals surface area contributed by atoms with E-state index in [2.05, 4.69) is 10.4 Å². The molecule has 1 aromatic rings. The minimum atomic E-state index is -0.476. The zero-order chi connectivity index (χ0) is 12.9. The molecule has 96 valence electrons. The van der Waals surface area contributed by atoms with Gasteiger partial charge in [-0.3, -0.25) is 9.48 Å². The Hall–Kier alpha value is -1.36. The van der Waals surface area contributed by atoms with E-state index in [1.807, 2.05) is 27.0 Å². The normalized spacial score (nSPS) is 11.5. The second-order valence-corrected chi connectivity index (χ2v) is 4.20. The smallest absolute Gasteiger partial charge is 0.233 e. The molecule has 3 N–H and O–H groups in total. The SMILES string of the molecule is CCn1ccc(NC(=O)C(CC)(CC)CN)n1. The minimum absolute atomic E-state index is 0.0358. The van der Waals surface area contributed by atoms with Crippen LogP contribution in [0.3, 0.4) is 0 Å². The topological polar surface area (TPSA) is 72.9 Å². The Morgan fingerprint density at radius 2 is 2.12 bits per heavy atom. The Balaban J connectivity index is 2.76. The molecule has 0 aliphatic heterocycles. The van der Waals surface area contributed by atoms with E-state index in [0.717, 1.165) is 19.4 Å². The first-order valence-electron chi connectivity index (χ1n) is 6.16. The molecule has 0 saturated heterocycles. The number of rotatable bonds is 6. The molecule has 0 saturated carbocycles. The van der Waals surface area contributed by atoms with Gasteiger partial charge in [0.15, 0.2) is 5.82 Å². The highest BCUT2D eigenvalue weighted by Crippen LogP contribution is 2.26. The number of carbonyl (C=O) groups is 1. The zero-order valence-corrected chi connectivity index (χ0v) is 10.9. The number of hydrogen-bond acceptors (Lipinski definition) is 3. The highest BCUT2D eigenvalue weighted by Gasteiger charge is 2.33. The summed E-state index contributed by atoms with van der Waals surface area (Å²) in [5.41, 5.74) is 5.25. The van der Waals surface area contributed by atoms with Crippen LogP contribution in [-0.2, 0) is 11.3 Å². The summed E-state index contributed by atoms with van der Waals surface area (Å²) >= 11 is 0. The third-order valence-corrected chi connectivity index (χ3v) is 3.43. The van der Waals surface area contributed by atoms with Gasteiger partial charge in [-0.1, -0.05) is 13.8 Å². The standard InChI is InChI=1S/C12H22N4O/c1-4-12(5-2,9-13)11(17)14-10-7-8-16(6-3)15-10/h7-8H,4-6,9,13H2,1-3H3,(H,14,15,17). The lowest BCUT2D eigenvalue weighted by Crippen LogP contribution is -2.41. The molecule has 17 heavy (non-hydrogen) atoms. The average molecular weight is 238 g/mol. The molecule has 0 unspecified atom stereocenters. The highest BCUT2D eigenvalue weighted by atomic mass is 16.2. The first-order chi connectivity index (χ1) is 8.11. The lowest BCUT2D eigenvalue weighted by molar-refractivity contribution is -0.125. The van der Waals surface area contributed by atoms with E-state index in [4.69, 9.17) is 5.73 Å². The Morgan fingerprint density at radius 3 is 2.53 bits per heavy atom. The van der Waals surface area contributed by atoms with Crippen molar-refractivity contribution in [2.45, 2.75) is 40.2 Å². The van der Waals surface area contributed by atoms with Crippen LogP contribution < -0.4 is 11.1 Å². The molecule has 0 aliphatic rings. The van der Waals surface area contributed by atoms with Crippen molar-refractivity contribution >= 4 is 11.7 Å². The van der Waals surface area contributed by atoms with Crippen molar-refractivity contribution in [3.8, 4) is 0 Å². The van der Waals surface area contributed by atoms with Crippen LogP contribution in [0.15, 0.2) is 12.3 Å². The number of aromatic nitrogens is 2. The Labute approximate surface area is 102 Å². The van der Waals surface area contributed by atoms with Crippen LogP contribution in [0.2, 0.25) is 0 Å². The van der Waals surface area contributed by atoms with Gasteiger partial charge in [-0.15, -0.1) is 0 Å². The number of nitrogens with two attached hydrogens (primary N) is 1. The van der Waals surface area contributed by atoms with Gasteiger partial charge in [-0.05, 0) is 19.8 Å². The van der Waals surface area contributed by atoms with Gasteiger partial charge in [-0.2, -0.15) is 5.10 Å². The fourth-order valence-corrected chi connectivity index (χ4v) is 1.81. The summed E-state index contributed by atoms with van der Waals surface area (Å²) in [5, 5.41) is 7.07. The molecule has 0 fully saturated rings. The Morgan fingerprint density at radius 1 is 1.47 bits per heavy atom. The molecular formula is C12H22N4O. The minimum Gasteiger partial charge on any atom is -0.329 e. The fraction of sp³-hybridized carbons (Fsp3) is 0.667. The van der Waals surface area contributed by atoms with Crippen LogP contribution in [0.25, 0.3) is 0 Å². The zero-order valence-electron chi connectivity index (χ0n) is 10.9. The Bertz CT molecular complexity index is 360. The summed E-state index contributed by atoms with van der Waals surface area (Å²) < 4.78 is 1.78. The van der Waals surface area contributed by atoms with Crippen LogP contribution in [-0.4, -0.2) is 22.2 Å². The van der Waals surface area contributed by atoms with Crippen molar-refractivity contribution in [1.82, 2.24) is 9.78 Å². The van der Waals surface area contributed by atoms with E-state index in [0.29, 0.717) is 12.4 Å². The number of aryl methyl sites for hydroxylation is 1. The van der Waals surface area contributed by atoms with E-state index in [-0.39, 0.29) is 5.91 Å². The molecule has 0 spiro atoms. The molecular weight excluding hydrogens is 216 g/mol. The van der Waals surface area contributed by atoms with Gasteiger partial charge in [0, 0.05) is 25.4 Å². The summed E-state index contributed by atoms with van der Waals surface area (Å²) in [6.07, 6.45) is 3.32. The van der Waals surface area contributed by atoms with Crippen LogP contribution in [0.1, 0.15) is 33.6 Å². The van der Waals surface area contributed by atoms with E-state index in [9.17, 15) is 4.79 Å². The molecule has 1 heterocycles. The van der Waals surface area contributed by atoms with Crippen molar-refractivity contribution in [2.75, 3.05) is 11.9 Å². The van der Waals surface area contributed by atoms with E-state index in [1.165, 1.54) is 0 Å². The van der Waals surface area contributed by atoms with Gasteiger partial charge < -0.3 is 11.1 Å². The largest absolute Gasteiger partial charge is 0.329 e. The van der Waals surface area contributed by atoms with Gasteiger partial charge in [0.05, 0.1) is 5.41 Å². The second-order valence-electron chi connectivity index (χ2n) is 4.20. The maximum absolute atomic E-state index is 12.2. The molecule has 5 heteroatoms. The monoisotopic (exact) mass is 238 g/mol. The lowest BCUT2D eigenvalue weighted by Gasteiger charge is -2.27. The summed E-state index contributed by atoms with van der Waals surface area (Å²) in [5.74, 6) is 0.558. The van der Waals surface area contributed by atoms with Gasteiger partial charge >= 0.3 is 0 Å². The quantitative estimate of drug-likeness (QED) is 0.790. The van der Waals surface area contributed by atoms with E-state index < -0.39 is 5.41 Å². The van der Waals surface area contributed by atoms with Crippen molar-refractivity contribution in [3.63, 3.8) is 0 Å². The second kappa shape index (κ2) is 5.82. The maximum atomic E-state index is 12.2. The van der Waals surface area contributed by atoms with E-state index in [1.54, 1.807) is 10.7 Å². The molecule has 1 rings (SSSR count). The predicted octanol–water partition coefficient (Wildman–Crippen LogP) is 1.61. The molecule has 0 aromatic carbocycles. The first-order valence-corrected chi connectivity index (χ1v) is 6.16. The number of nitrogens with one attached hydrogen (secondary N) is 1. The molecule has 0 bridgehead atoms. The van der Waals surface area contributed by atoms with Gasteiger partial charge in [0.2, 0.25) is 5.91 Å². The number of hydrogen-bond donors (Lipinski definition) is 2. The van der Waals surface area contributed by atoms with Gasteiger partial charge in [-0.25, -0.2) is 0 Å².